The Hall–Kier alpha value is -1.62. The molecule has 0 atom stereocenters. The number of carboxylic acid groups (broad SMARTS) is 1. The number of carboxylic acids is 1. The van der Waals surface area contributed by atoms with Gasteiger partial charge in [0.15, 0.2) is 0 Å². The van der Waals surface area contributed by atoms with Crippen LogP contribution in [0.3, 0.4) is 0 Å². The van der Waals surface area contributed by atoms with Crippen LogP contribution in [0.25, 0.3) is 0 Å². The van der Waals surface area contributed by atoms with Crippen molar-refractivity contribution >= 4 is 28.2 Å². The van der Waals surface area contributed by atoms with Gasteiger partial charge in [-0.1, -0.05) is 18.6 Å². The van der Waals surface area contributed by atoms with E-state index in [0.29, 0.717) is 11.4 Å². The molecule has 0 radical (unpaired) electrons. The second kappa shape index (κ2) is 6.70. The van der Waals surface area contributed by atoms with E-state index in [-0.39, 0.29) is 11.5 Å². The Balaban J connectivity index is 2.05. The third-order valence-corrected chi connectivity index (χ3v) is 4.58. The summed E-state index contributed by atoms with van der Waals surface area (Å²) in [7, 11) is 0. The number of hydrogen-bond donors (Lipinski definition) is 2. The summed E-state index contributed by atoms with van der Waals surface area (Å²) < 4.78 is 0. The quantitative estimate of drug-likeness (QED) is 0.811. The topological polar surface area (TPSA) is 66.4 Å². The van der Waals surface area contributed by atoms with Gasteiger partial charge in [0.05, 0.1) is 5.56 Å². The molecule has 0 fully saturated rings. The number of carbonyl (C=O) groups is 2. The summed E-state index contributed by atoms with van der Waals surface area (Å²) in [5, 5.41) is 12.4. The van der Waals surface area contributed by atoms with Gasteiger partial charge >= 0.3 is 5.97 Å². The number of allylic oxidation sites excluding steroid dienone is 1. The maximum atomic E-state index is 12.0. The Morgan fingerprint density at radius 3 is 2.80 bits per heavy atom. The molecule has 0 spiro atoms. The first kappa shape index (κ1) is 14.8. The smallest absolute Gasteiger partial charge is 0.338 e. The van der Waals surface area contributed by atoms with Crippen LogP contribution in [-0.4, -0.2) is 17.0 Å². The van der Waals surface area contributed by atoms with Crippen molar-refractivity contribution in [3.05, 3.63) is 28.2 Å². The third kappa shape index (κ3) is 3.70. The molecule has 0 saturated heterocycles. The second-order valence-electron chi connectivity index (χ2n) is 4.95. The fourth-order valence-electron chi connectivity index (χ4n) is 2.31. The first-order chi connectivity index (χ1) is 9.60. The van der Waals surface area contributed by atoms with Gasteiger partial charge in [-0.05, 0) is 38.2 Å². The monoisotopic (exact) mass is 293 g/mol. The van der Waals surface area contributed by atoms with Gasteiger partial charge in [0.25, 0.3) is 0 Å². The van der Waals surface area contributed by atoms with Crippen molar-refractivity contribution < 1.29 is 14.7 Å². The highest BCUT2D eigenvalue weighted by Gasteiger charge is 2.17. The molecular formula is C15H19NO3S. The molecule has 20 heavy (non-hydrogen) atoms. The Labute approximate surface area is 122 Å². The minimum Gasteiger partial charge on any atom is -0.478 e. The zero-order chi connectivity index (χ0) is 14.5. The van der Waals surface area contributed by atoms with E-state index < -0.39 is 5.97 Å². The number of nitrogens with one attached hydrogen (secondary N) is 1. The first-order valence-corrected chi connectivity index (χ1v) is 7.75. The van der Waals surface area contributed by atoms with Crippen molar-refractivity contribution in [2.45, 2.75) is 45.4 Å². The maximum Gasteiger partial charge on any atom is 0.338 e. The van der Waals surface area contributed by atoms with Crippen molar-refractivity contribution in [3.8, 4) is 0 Å². The van der Waals surface area contributed by atoms with Crippen molar-refractivity contribution in [2.75, 3.05) is 5.32 Å². The molecule has 0 aromatic carbocycles. The van der Waals surface area contributed by atoms with E-state index in [9.17, 15) is 9.59 Å². The fraction of sp³-hybridized carbons (Fsp3) is 0.467. The van der Waals surface area contributed by atoms with Gasteiger partial charge < -0.3 is 10.4 Å². The molecule has 0 unspecified atom stereocenters. The lowest BCUT2D eigenvalue weighted by Gasteiger charge is -2.12. The molecule has 4 nitrogen and oxygen atoms in total. The minimum absolute atomic E-state index is 0.120. The normalized spacial score (nSPS) is 14.8. The van der Waals surface area contributed by atoms with Crippen LogP contribution in [0, 0.1) is 0 Å². The van der Waals surface area contributed by atoms with E-state index in [0.717, 1.165) is 36.1 Å². The number of aromatic carboxylic acids is 1. The summed E-state index contributed by atoms with van der Waals surface area (Å²) in [5.41, 5.74) is 1.36. The molecule has 1 aromatic rings. The molecule has 2 rings (SSSR count). The number of carbonyl (C=O) groups excluding carboxylic acids is 1. The van der Waals surface area contributed by atoms with Crippen LogP contribution < -0.4 is 5.32 Å². The molecule has 108 valence electrons. The Morgan fingerprint density at radius 2 is 2.20 bits per heavy atom. The van der Waals surface area contributed by atoms with E-state index >= 15 is 0 Å². The molecule has 1 heterocycles. The molecule has 5 heteroatoms. The summed E-state index contributed by atoms with van der Waals surface area (Å²) in [6.07, 6.45) is 7.63. The third-order valence-electron chi connectivity index (χ3n) is 3.39. The SMILES string of the molecule is CCc1cc(C(=O)O)c(NC(=O)CC2=CCCCC2)s1. The standard InChI is InChI=1S/C15H19NO3S/c1-2-11-9-12(15(18)19)14(20-11)16-13(17)8-10-6-4-3-5-7-10/h6,9H,2-5,7-8H2,1H3,(H,16,17)(H,18,19). The fourth-order valence-corrected chi connectivity index (χ4v) is 3.31. The highest BCUT2D eigenvalue weighted by Crippen LogP contribution is 2.29. The number of amides is 1. The van der Waals surface area contributed by atoms with E-state index in [1.165, 1.54) is 17.8 Å². The van der Waals surface area contributed by atoms with E-state index in [2.05, 4.69) is 11.4 Å². The Kier molecular flexibility index (Phi) is 4.95. The Bertz CT molecular complexity index is 545. The van der Waals surface area contributed by atoms with Crippen LogP contribution in [0.5, 0.6) is 0 Å². The molecule has 1 amide bonds. The molecule has 1 aliphatic carbocycles. The summed E-state index contributed by atoms with van der Waals surface area (Å²) >= 11 is 1.35. The lowest BCUT2D eigenvalue weighted by molar-refractivity contribution is -0.115. The van der Waals surface area contributed by atoms with Crippen LogP contribution in [0.1, 0.15) is 54.3 Å². The molecule has 2 N–H and O–H groups in total. The number of thiophene rings is 1. The molecule has 1 aromatic heterocycles. The second-order valence-corrected chi connectivity index (χ2v) is 6.08. The van der Waals surface area contributed by atoms with Gasteiger partial charge in [-0.3, -0.25) is 4.79 Å². The van der Waals surface area contributed by atoms with Gasteiger partial charge in [0.1, 0.15) is 5.00 Å². The molecule has 0 saturated carbocycles. The van der Waals surface area contributed by atoms with Crippen LogP contribution in [0.4, 0.5) is 5.00 Å². The predicted octanol–water partition coefficient (Wildman–Crippen LogP) is 3.84. The van der Waals surface area contributed by atoms with Gasteiger partial charge in [-0.15, -0.1) is 11.3 Å². The van der Waals surface area contributed by atoms with Crippen molar-refractivity contribution in [2.24, 2.45) is 0 Å². The van der Waals surface area contributed by atoms with Crippen molar-refractivity contribution in [1.82, 2.24) is 0 Å². The van der Waals surface area contributed by atoms with Gasteiger partial charge in [-0.25, -0.2) is 4.79 Å². The molecular weight excluding hydrogens is 274 g/mol. The summed E-state index contributed by atoms with van der Waals surface area (Å²) in [4.78, 5) is 24.1. The number of anilines is 1. The lowest BCUT2D eigenvalue weighted by Crippen LogP contribution is -2.14. The van der Waals surface area contributed by atoms with Crippen LogP contribution in [0.2, 0.25) is 0 Å². The van der Waals surface area contributed by atoms with Crippen molar-refractivity contribution in [1.29, 1.82) is 0 Å². The largest absolute Gasteiger partial charge is 0.478 e. The molecule has 0 aliphatic heterocycles. The summed E-state index contributed by atoms with van der Waals surface area (Å²) in [6, 6.07) is 1.64. The van der Waals surface area contributed by atoms with Crippen molar-refractivity contribution in [3.63, 3.8) is 0 Å². The maximum absolute atomic E-state index is 12.0. The lowest BCUT2D eigenvalue weighted by atomic mass is 9.97. The van der Waals surface area contributed by atoms with Crippen LogP contribution in [0.15, 0.2) is 17.7 Å². The van der Waals surface area contributed by atoms with Gasteiger partial charge in [0, 0.05) is 11.3 Å². The predicted molar refractivity (Wildman–Crippen MR) is 80.5 cm³/mol. The molecule has 1 aliphatic rings. The zero-order valence-corrected chi connectivity index (χ0v) is 12.4. The Morgan fingerprint density at radius 1 is 1.40 bits per heavy atom. The zero-order valence-electron chi connectivity index (χ0n) is 11.6. The minimum atomic E-state index is -0.992. The average molecular weight is 293 g/mol. The van der Waals surface area contributed by atoms with E-state index in [1.54, 1.807) is 6.07 Å². The van der Waals surface area contributed by atoms with E-state index in [1.807, 2.05) is 6.92 Å². The van der Waals surface area contributed by atoms with Gasteiger partial charge in [0.2, 0.25) is 5.91 Å². The first-order valence-electron chi connectivity index (χ1n) is 6.94. The highest BCUT2D eigenvalue weighted by atomic mass is 32.1. The average Bonchev–Trinajstić information content (AvgIpc) is 2.83. The number of hydrogen-bond acceptors (Lipinski definition) is 3. The van der Waals surface area contributed by atoms with Gasteiger partial charge in [-0.2, -0.15) is 0 Å². The number of aryl methyl sites for hydroxylation is 1. The number of rotatable bonds is 5. The van der Waals surface area contributed by atoms with Crippen LogP contribution in [-0.2, 0) is 11.2 Å². The van der Waals surface area contributed by atoms with Crippen LogP contribution >= 0.6 is 11.3 Å². The van der Waals surface area contributed by atoms with E-state index in [4.69, 9.17) is 5.11 Å². The summed E-state index contributed by atoms with van der Waals surface area (Å²) in [5.74, 6) is -1.11. The summed E-state index contributed by atoms with van der Waals surface area (Å²) in [6.45, 7) is 1.97. The molecule has 0 bridgehead atoms. The highest BCUT2D eigenvalue weighted by molar-refractivity contribution is 7.16.